The number of nitrogens with zero attached hydrogens (tertiary/aromatic N) is 2. The number of halogens is 2. The fourth-order valence-electron chi connectivity index (χ4n) is 3.68. The fraction of sp³-hybridized carbons (Fsp3) is 0.320. The predicted molar refractivity (Wildman–Crippen MR) is 150 cm³/mol. The van der Waals surface area contributed by atoms with E-state index in [1.54, 1.807) is 43.6 Å². The van der Waals surface area contributed by atoms with Gasteiger partial charge in [0, 0.05) is 25.5 Å². The maximum Gasteiger partial charge on any atom is 0.325 e. The van der Waals surface area contributed by atoms with Crippen LogP contribution in [0.5, 0.6) is 0 Å². The average Bonchev–Trinajstić information content (AvgIpc) is 3.42. The third-order valence-electron chi connectivity index (χ3n) is 5.57. The Morgan fingerprint density at radius 2 is 1.87 bits per heavy atom. The summed E-state index contributed by atoms with van der Waals surface area (Å²) in [5.74, 6) is -0.668. The van der Waals surface area contributed by atoms with Gasteiger partial charge in [-0.15, -0.1) is 0 Å². The highest BCUT2D eigenvalue weighted by molar-refractivity contribution is 7.89. The molecule has 0 aliphatic rings. The smallest absolute Gasteiger partial charge is 0.325 e. The normalized spacial score (nSPS) is 12.1. The number of rotatable bonds is 14. The van der Waals surface area contributed by atoms with E-state index in [4.69, 9.17) is 33.7 Å². The molecule has 14 heteroatoms. The van der Waals surface area contributed by atoms with E-state index in [2.05, 4.69) is 20.0 Å². The number of aromatic nitrogens is 2. The maximum absolute atomic E-state index is 13.8. The largest absolute Gasteiger partial charge is 0.465 e. The zero-order valence-electron chi connectivity index (χ0n) is 21.2. The van der Waals surface area contributed by atoms with E-state index in [0.29, 0.717) is 18.9 Å². The summed E-state index contributed by atoms with van der Waals surface area (Å²) in [6, 6.07) is 10.1. The van der Waals surface area contributed by atoms with Crippen molar-refractivity contribution in [2.45, 2.75) is 37.2 Å². The minimum absolute atomic E-state index is 0.0392. The highest BCUT2D eigenvalue weighted by Gasteiger charge is 2.31. The molecule has 1 atom stereocenters. The van der Waals surface area contributed by atoms with E-state index >= 15 is 0 Å². The standard InChI is InChI=1S/C25H30Cl2N6O5S/c1-2-38-22(34)16-33(15-17-7-4-3-5-8-17)24(35)21(9-6-10-29-25-30-11-12-31-25)32-39(36,37)18-13-19(26)23(28)20(27)14-18/h3-5,7-8,11-14,21,32H,2,6,9-10,15-16,28H2,1H3,(H2,29,30,31)/t21-/m0/s1. The molecule has 1 aromatic heterocycles. The van der Waals surface area contributed by atoms with Crippen LogP contribution in [0.3, 0.4) is 0 Å². The van der Waals surface area contributed by atoms with Crippen molar-refractivity contribution in [1.82, 2.24) is 19.6 Å². The van der Waals surface area contributed by atoms with Crippen molar-refractivity contribution in [3.63, 3.8) is 0 Å². The number of amides is 1. The van der Waals surface area contributed by atoms with Gasteiger partial charge in [-0.05, 0) is 37.5 Å². The Bertz CT molecular complexity index is 1330. The molecule has 0 fully saturated rings. The second-order valence-corrected chi connectivity index (χ2v) is 11.0. The number of aromatic amines is 1. The van der Waals surface area contributed by atoms with Crippen LogP contribution in [-0.4, -0.2) is 60.9 Å². The molecule has 1 amide bonds. The average molecular weight is 598 g/mol. The topological polar surface area (TPSA) is 160 Å². The van der Waals surface area contributed by atoms with Gasteiger partial charge < -0.3 is 25.7 Å². The number of benzene rings is 2. The molecule has 2 aromatic carbocycles. The van der Waals surface area contributed by atoms with Gasteiger partial charge in [0.05, 0.1) is 27.2 Å². The van der Waals surface area contributed by atoms with Crippen molar-refractivity contribution >= 4 is 56.7 Å². The summed E-state index contributed by atoms with van der Waals surface area (Å²) in [7, 11) is -4.27. The molecular formula is C25H30Cl2N6O5S. The number of hydrogen-bond acceptors (Lipinski definition) is 8. The van der Waals surface area contributed by atoms with Gasteiger partial charge in [0.1, 0.15) is 12.6 Å². The molecule has 0 bridgehead atoms. The third kappa shape index (κ3) is 8.85. The molecular weight excluding hydrogens is 567 g/mol. The van der Waals surface area contributed by atoms with Crippen LogP contribution in [0.25, 0.3) is 0 Å². The molecule has 5 N–H and O–H groups in total. The van der Waals surface area contributed by atoms with Gasteiger partial charge >= 0.3 is 5.97 Å². The van der Waals surface area contributed by atoms with Gasteiger partial charge in [-0.3, -0.25) is 9.59 Å². The van der Waals surface area contributed by atoms with Crippen LogP contribution < -0.4 is 15.8 Å². The molecule has 3 rings (SSSR count). The number of carbonyl (C=O) groups is 2. The van der Waals surface area contributed by atoms with Gasteiger partial charge in [0.25, 0.3) is 0 Å². The van der Waals surface area contributed by atoms with Crippen molar-refractivity contribution in [1.29, 1.82) is 0 Å². The molecule has 210 valence electrons. The molecule has 1 heterocycles. The van der Waals surface area contributed by atoms with E-state index in [1.165, 1.54) is 4.90 Å². The van der Waals surface area contributed by atoms with Crippen LogP contribution in [0.1, 0.15) is 25.3 Å². The number of carbonyl (C=O) groups excluding carboxylic acids is 2. The first-order valence-corrected chi connectivity index (χ1v) is 14.3. The number of ether oxygens (including phenoxy) is 1. The number of hydrogen-bond donors (Lipinski definition) is 4. The zero-order valence-corrected chi connectivity index (χ0v) is 23.5. The lowest BCUT2D eigenvalue weighted by atomic mass is 10.1. The Balaban J connectivity index is 1.87. The summed E-state index contributed by atoms with van der Waals surface area (Å²) in [6.45, 7) is 1.91. The molecule has 0 spiro atoms. The molecule has 0 saturated carbocycles. The summed E-state index contributed by atoms with van der Waals surface area (Å²) < 4.78 is 34.2. The van der Waals surface area contributed by atoms with Crippen LogP contribution in [0.2, 0.25) is 10.0 Å². The van der Waals surface area contributed by atoms with Crippen molar-refractivity contribution in [2.75, 3.05) is 30.7 Å². The summed E-state index contributed by atoms with van der Waals surface area (Å²) in [4.78, 5) is 34.1. The van der Waals surface area contributed by atoms with Crippen molar-refractivity contribution in [3.8, 4) is 0 Å². The monoisotopic (exact) mass is 596 g/mol. The number of esters is 1. The third-order valence-corrected chi connectivity index (χ3v) is 7.65. The second-order valence-electron chi connectivity index (χ2n) is 8.47. The van der Waals surface area contributed by atoms with Crippen LogP contribution in [0.4, 0.5) is 11.6 Å². The number of nitrogen functional groups attached to an aromatic ring is 1. The molecule has 11 nitrogen and oxygen atoms in total. The Hall–Kier alpha value is -3.32. The van der Waals surface area contributed by atoms with Crippen LogP contribution >= 0.6 is 23.2 Å². The molecule has 39 heavy (non-hydrogen) atoms. The number of H-pyrrole nitrogens is 1. The van der Waals surface area contributed by atoms with E-state index in [0.717, 1.165) is 17.7 Å². The van der Waals surface area contributed by atoms with E-state index in [-0.39, 0.29) is 46.7 Å². The van der Waals surface area contributed by atoms with Crippen molar-refractivity contribution in [3.05, 3.63) is 70.5 Å². The first-order valence-electron chi connectivity index (χ1n) is 12.1. The van der Waals surface area contributed by atoms with Crippen molar-refractivity contribution in [2.24, 2.45) is 0 Å². The molecule has 0 radical (unpaired) electrons. The summed E-state index contributed by atoms with van der Waals surface area (Å²) >= 11 is 12.1. The molecule has 0 unspecified atom stereocenters. The minimum atomic E-state index is -4.27. The number of nitrogens with two attached hydrogens (primary N) is 1. The Kier molecular flexibility index (Phi) is 11.0. The lowest BCUT2D eigenvalue weighted by molar-refractivity contribution is -0.149. The summed E-state index contributed by atoms with van der Waals surface area (Å²) in [5.41, 5.74) is 6.55. The lowest BCUT2D eigenvalue weighted by Gasteiger charge is -2.27. The number of imidazole rings is 1. The molecule has 0 aliphatic carbocycles. The SMILES string of the molecule is CCOC(=O)CN(Cc1ccccc1)C(=O)[C@H](CCCNc1ncc[nH]1)NS(=O)(=O)c1cc(Cl)c(N)c(Cl)c1. The second kappa shape index (κ2) is 14.2. The Morgan fingerprint density at radius 1 is 1.18 bits per heavy atom. The van der Waals surface area contributed by atoms with Crippen LogP contribution in [-0.2, 0) is 30.9 Å². The predicted octanol–water partition coefficient (Wildman–Crippen LogP) is 3.43. The van der Waals surface area contributed by atoms with E-state index < -0.39 is 27.9 Å². The van der Waals surface area contributed by atoms with Gasteiger partial charge in [0.15, 0.2) is 5.95 Å². The molecule has 3 aromatic rings. The van der Waals surface area contributed by atoms with Gasteiger partial charge in [0.2, 0.25) is 15.9 Å². The Labute approximate surface area is 237 Å². The Morgan fingerprint density at radius 3 is 2.49 bits per heavy atom. The molecule has 0 saturated heterocycles. The summed E-state index contributed by atoms with van der Waals surface area (Å²) in [5, 5.41) is 2.98. The minimum Gasteiger partial charge on any atom is -0.465 e. The van der Waals surface area contributed by atoms with Gasteiger partial charge in [-0.25, -0.2) is 13.4 Å². The first kappa shape index (κ1) is 30.2. The highest BCUT2D eigenvalue weighted by Crippen LogP contribution is 2.31. The van der Waals surface area contributed by atoms with Crippen LogP contribution in [0.15, 0.2) is 59.8 Å². The number of nitrogens with one attached hydrogen (secondary N) is 3. The summed E-state index contributed by atoms with van der Waals surface area (Å²) in [6.07, 6.45) is 3.74. The zero-order chi connectivity index (χ0) is 28.4. The molecule has 0 aliphatic heterocycles. The number of anilines is 2. The first-order chi connectivity index (χ1) is 18.6. The van der Waals surface area contributed by atoms with Crippen LogP contribution in [0, 0.1) is 0 Å². The van der Waals surface area contributed by atoms with Gasteiger partial charge in [-0.2, -0.15) is 4.72 Å². The van der Waals surface area contributed by atoms with E-state index in [9.17, 15) is 18.0 Å². The highest BCUT2D eigenvalue weighted by atomic mass is 35.5. The van der Waals surface area contributed by atoms with E-state index in [1.807, 2.05) is 6.07 Å². The number of sulfonamides is 1. The van der Waals surface area contributed by atoms with Gasteiger partial charge in [-0.1, -0.05) is 53.5 Å². The fourth-order valence-corrected chi connectivity index (χ4v) is 5.57. The lowest BCUT2D eigenvalue weighted by Crippen LogP contribution is -2.49. The quantitative estimate of drug-likeness (QED) is 0.125. The van der Waals surface area contributed by atoms with Crippen molar-refractivity contribution < 1.29 is 22.7 Å². The maximum atomic E-state index is 13.8.